The van der Waals surface area contributed by atoms with Gasteiger partial charge in [0.25, 0.3) is 0 Å². The third-order valence-corrected chi connectivity index (χ3v) is 2.86. The van der Waals surface area contributed by atoms with Gasteiger partial charge < -0.3 is 4.90 Å². The molecule has 0 bridgehead atoms. The van der Waals surface area contributed by atoms with Gasteiger partial charge in [0.05, 0.1) is 0 Å². The van der Waals surface area contributed by atoms with E-state index in [1.54, 1.807) is 0 Å². The number of rotatable bonds is 2. The average molecular weight is 267 g/mol. The Morgan fingerprint density at radius 3 is 2.73 bits per heavy atom. The molecular formula is C9H18IN. The Morgan fingerprint density at radius 2 is 2.18 bits per heavy atom. The molecule has 1 nitrogen and oxygen atoms in total. The lowest BCUT2D eigenvalue weighted by Crippen LogP contribution is -2.40. The first-order chi connectivity index (χ1) is 5.14. The first-order valence-electron chi connectivity index (χ1n) is 4.42. The number of halogens is 1. The van der Waals surface area contributed by atoms with Gasteiger partial charge in [0.15, 0.2) is 0 Å². The summed E-state index contributed by atoms with van der Waals surface area (Å²) in [7, 11) is 0. The third kappa shape index (κ3) is 3.28. The fourth-order valence-corrected chi connectivity index (χ4v) is 2.54. The molecule has 0 aromatic heterocycles. The second-order valence-corrected chi connectivity index (χ2v) is 5.31. The Hall–Kier alpha value is 0.690. The summed E-state index contributed by atoms with van der Waals surface area (Å²) < 4.78 is 1.27. The van der Waals surface area contributed by atoms with Gasteiger partial charge in [-0.05, 0) is 24.8 Å². The summed E-state index contributed by atoms with van der Waals surface area (Å²) in [6.45, 7) is 8.67. The predicted molar refractivity (Wildman–Crippen MR) is 58.3 cm³/mol. The molecule has 1 aliphatic heterocycles. The molecule has 1 heterocycles. The summed E-state index contributed by atoms with van der Waals surface area (Å²) in [5.74, 6) is 0. The smallest absolute Gasteiger partial charge is 0.0123 e. The Bertz CT molecular complexity index is 121. The van der Waals surface area contributed by atoms with Gasteiger partial charge >= 0.3 is 0 Å². The molecule has 0 unspecified atom stereocenters. The second kappa shape index (κ2) is 4.08. The van der Waals surface area contributed by atoms with Gasteiger partial charge in [-0.1, -0.05) is 36.4 Å². The molecule has 1 fully saturated rings. The molecule has 66 valence electrons. The van der Waals surface area contributed by atoms with Crippen LogP contribution in [0.5, 0.6) is 0 Å². The lowest BCUT2D eigenvalue weighted by Gasteiger charge is -2.37. The summed E-state index contributed by atoms with van der Waals surface area (Å²) in [6, 6.07) is 0. The molecule has 11 heavy (non-hydrogen) atoms. The molecule has 0 aromatic rings. The Kier molecular flexibility index (Phi) is 3.62. The van der Waals surface area contributed by atoms with Gasteiger partial charge in [-0.15, -0.1) is 0 Å². The van der Waals surface area contributed by atoms with Gasteiger partial charge in [0, 0.05) is 17.5 Å². The molecule has 1 saturated heterocycles. The van der Waals surface area contributed by atoms with E-state index in [1.165, 1.54) is 36.9 Å². The molecule has 0 spiro atoms. The maximum atomic E-state index is 2.59. The van der Waals surface area contributed by atoms with E-state index in [0.717, 1.165) is 0 Å². The molecule has 0 N–H and O–H groups in total. The monoisotopic (exact) mass is 267 g/mol. The molecule has 1 aliphatic rings. The van der Waals surface area contributed by atoms with E-state index in [4.69, 9.17) is 0 Å². The largest absolute Gasteiger partial charge is 0.302 e. The number of hydrogen-bond donors (Lipinski definition) is 0. The van der Waals surface area contributed by atoms with Crippen LogP contribution in [-0.2, 0) is 0 Å². The van der Waals surface area contributed by atoms with Crippen molar-refractivity contribution >= 4 is 22.6 Å². The van der Waals surface area contributed by atoms with E-state index in [9.17, 15) is 0 Å². The summed E-state index contributed by atoms with van der Waals surface area (Å²) >= 11 is 2.46. The van der Waals surface area contributed by atoms with Crippen molar-refractivity contribution in [1.82, 2.24) is 4.90 Å². The zero-order valence-electron chi connectivity index (χ0n) is 7.57. The standard InChI is InChI=1S/C9H18IN/c1-9(2)4-3-6-11(8-9)7-5-10/h3-8H2,1-2H3. The van der Waals surface area contributed by atoms with Crippen LogP contribution in [-0.4, -0.2) is 29.0 Å². The van der Waals surface area contributed by atoms with Crippen LogP contribution in [0.2, 0.25) is 0 Å². The van der Waals surface area contributed by atoms with E-state index < -0.39 is 0 Å². The zero-order chi connectivity index (χ0) is 8.32. The predicted octanol–water partition coefficient (Wildman–Crippen LogP) is 2.54. The number of nitrogens with zero attached hydrogens (tertiary/aromatic N) is 1. The van der Waals surface area contributed by atoms with Crippen LogP contribution in [0.3, 0.4) is 0 Å². The summed E-state index contributed by atoms with van der Waals surface area (Å²) in [4.78, 5) is 2.59. The summed E-state index contributed by atoms with van der Waals surface area (Å²) in [6.07, 6.45) is 2.80. The highest BCUT2D eigenvalue weighted by Crippen LogP contribution is 2.27. The lowest BCUT2D eigenvalue weighted by atomic mass is 9.84. The first kappa shape index (κ1) is 9.78. The van der Waals surface area contributed by atoms with Crippen molar-refractivity contribution in [3.05, 3.63) is 0 Å². The van der Waals surface area contributed by atoms with Crippen molar-refractivity contribution in [3.8, 4) is 0 Å². The fourth-order valence-electron chi connectivity index (χ4n) is 1.86. The lowest BCUT2D eigenvalue weighted by molar-refractivity contribution is 0.125. The number of alkyl halides is 1. The van der Waals surface area contributed by atoms with Crippen LogP contribution in [0, 0.1) is 5.41 Å². The molecule has 0 aromatic carbocycles. The van der Waals surface area contributed by atoms with Crippen LogP contribution < -0.4 is 0 Å². The average Bonchev–Trinajstić information content (AvgIpc) is 1.85. The number of hydrogen-bond acceptors (Lipinski definition) is 1. The van der Waals surface area contributed by atoms with Crippen molar-refractivity contribution in [2.75, 3.05) is 24.1 Å². The van der Waals surface area contributed by atoms with Gasteiger partial charge in [0.2, 0.25) is 0 Å². The molecule has 0 amide bonds. The Balaban J connectivity index is 2.34. The molecule has 0 atom stereocenters. The summed E-state index contributed by atoms with van der Waals surface area (Å²) in [5.41, 5.74) is 0.573. The Morgan fingerprint density at radius 1 is 1.45 bits per heavy atom. The second-order valence-electron chi connectivity index (χ2n) is 4.23. The van der Waals surface area contributed by atoms with Crippen molar-refractivity contribution in [2.45, 2.75) is 26.7 Å². The maximum absolute atomic E-state index is 2.59. The Labute approximate surface area is 83.7 Å². The van der Waals surface area contributed by atoms with Gasteiger partial charge in [-0.2, -0.15) is 0 Å². The van der Waals surface area contributed by atoms with Crippen LogP contribution >= 0.6 is 22.6 Å². The van der Waals surface area contributed by atoms with Crippen LogP contribution in [0.25, 0.3) is 0 Å². The van der Waals surface area contributed by atoms with Gasteiger partial charge in [-0.3, -0.25) is 0 Å². The van der Waals surface area contributed by atoms with Crippen molar-refractivity contribution in [2.24, 2.45) is 5.41 Å². The zero-order valence-corrected chi connectivity index (χ0v) is 9.73. The minimum absolute atomic E-state index is 0.573. The van der Waals surface area contributed by atoms with Gasteiger partial charge in [0.1, 0.15) is 0 Å². The van der Waals surface area contributed by atoms with E-state index in [-0.39, 0.29) is 0 Å². The van der Waals surface area contributed by atoms with Crippen LogP contribution in [0.15, 0.2) is 0 Å². The highest BCUT2D eigenvalue weighted by Gasteiger charge is 2.25. The fraction of sp³-hybridized carbons (Fsp3) is 1.00. The van der Waals surface area contributed by atoms with Gasteiger partial charge in [-0.25, -0.2) is 0 Å². The van der Waals surface area contributed by atoms with Crippen molar-refractivity contribution < 1.29 is 0 Å². The highest BCUT2D eigenvalue weighted by atomic mass is 127. The summed E-state index contributed by atoms with van der Waals surface area (Å²) in [5, 5.41) is 0. The first-order valence-corrected chi connectivity index (χ1v) is 5.95. The van der Waals surface area contributed by atoms with E-state index in [2.05, 4.69) is 41.3 Å². The molecule has 0 aliphatic carbocycles. The topological polar surface area (TPSA) is 3.24 Å². The number of likely N-dealkylation sites (tertiary alicyclic amines) is 1. The van der Waals surface area contributed by atoms with Crippen LogP contribution in [0.4, 0.5) is 0 Å². The van der Waals surface area contributed by atoms with E-state index in [1.807, 2.05) is 0 Å². The van der Waals surface area contributed by atoms with Crippen LogP contribution in [0.1, 0.15) is 26.7 Å². The normalized spacial score (nSPS) is 25.4. The SMILES string of the molecule is CC1(C)CCCN(CCI)C1. The van der Waals surface area contributed by atoms with Crippen molar-refractivity contribution in [1.29, 1.82) is 0 Å². The third-order valence-electron chi connectivity index (χ3n) is 2.38. The molecule has 2 heteroatoms. The minimum atomic E-state index is 0.573. The molecule has 0 saturated carbocycles. The van der Waals surface area contributed by atoms with Crippen molar-refractivity contribution in [3.63, 3.8) is 0 Å². The molecule has 1 rings (SSSR count). The quantitative estimate of drug-likeness (QED) is 0.549. The molecule has 0 radical (unpaired) electrons. The van der Waals surface area contributed by atoms with E-state index >= 15 is 0 Å². The highest BCUT2D eigenvalue weighted by molar-refractivity contribution is 14.1. The maximum Gasteiger partial charge on any atom is 0.0123 e. The van der Waals surface area contributed by atoms with E-state index in [0.29, 0.717) is 5.41 Å². The molecular weight excluding hydrogens is 249 g/mol. The number of piperidine rings is 1. The minimum Gasteiger partial charge on any atom is -0.302 e.